The fourth-order valence-corrected chi connectivity index (χ4v) is 5.22. The minimum atomic E-state index is -3.95. The van der Waals surface area contributed by atoms with Gasteiger partial charge in [-0.2, -0.15) is 0 Å². The molecular weight excluding hydrogens is 445 g/mol. The molecule has 9 heteroatoms. The van der Waals surface area contributed by atoms with E-state index in [2.05, 4.69) is 21.2 Å². The molecular formula is C24H34FN3O4S. The molecule has 1 aliphatic heterocycles. The Bertz CT molecular complexity index is 1050. The Kier molecular flexibility index (Phi) is 7.97. The molecule has 0 bridgehead atoms. The van der Waals surface area contributed by atoms with Crippen molar-refractivity contribution in [1.82, 2.24) is 9.88 Å². The van der Waals surface area contributed by atoms with Crippen LogP contribution < -0.4 is 9.46 Å². The smallest absolute Gasteiger partial charge is 0.261 e. The zero-order valence-corrected chi connectivity index (χ0v) is 20.7. The van der Waals surface area contributed by atoms with Crippen molar-refractivity contribution in [2.75, 3.05) is 38.6 Å². The fourth-order valence-electron chi connectivity index (χ4n) is 4.11. The summed E-state index contributed by atoms with van der Waals surface area (Å²) in [5, 5.41) is 0. The number of pyridine rings is 1. The minimum absolute atomic E-state index is 0.00432. The highest BCUT2D eigenvalue weighted by Gasteiger charge is 2.46. The first kappa shape index (κ1) is 25.4. The molecule has 0 spiro atoms. The predicted molar refractivity (Wildman–Crippen MR) is 129 cm³/mol. The predicted octanol–water partition coefficient (Wildman–Crippen LogP) is 3.79. The Labute approximate surface area is 196 Å². The molecule has 0 aromatic carbocycles. The number of nitrogens with one attached hydrogen (secondary N) is 1. The Morgan fingerprint density at radius 2 is 2.06 bits per heavy atom. The third kappa shape index (κ3) is 5.83. The van der Waals surface area contributed by atoms with E-state index in [1.165, 1.54) is 25.3 Å². The van der Waals surface area contributed by atoms with Crippen LogP contribution in [0.2, 0.25) is 0 Å². The third-order valence-electron chi connectivity index (χ3n) is 6.21. The molecule has 1 aromatic heterocycles. The molecule has 3 rings (SSSR count). The van der Waals surface area contributed by atoms with E-state index in [4.69, 9.17) is 9.47 Å². The number of ether oxygens (including phenoxy) is 2. The van der Waals surface area contributed by atoms with Crippen LogP contribution >= 0.6 is 0 Å². The molecule has 0 saturated heterocycles. The monoisotopic (exact) mass is 479 g/mol. The second-order valence-electron chi connectivity index (χ2n) is 8.56. The lowest BCUT2D eigenvalue weighted by atomic mass is 9.74. The molecule has 7 nitrogen and oxygen atoms in total. The van der Waals surface area contributed by atoms with Crippen LogP contribution in [0.1, 0.15) is 37.9 Å². The van der Waals surface area contributed by atoms with Gasteiger partial charge in [-0.3, -0.25) is 4.72 Å². The molecule has 33 heavy (non-hydrogen) atoms. The van der Waals surface area contributed by atoms with Crippen molar-refractivity contribution in [2.24, 2.45) is 0 Å². The summed E-state index contributed by atoms with van der Waals surface area (Å²) in [6.45, 7) is 9.58. The van der Waals surface area contributed by atoms with Gasteiger partial charge in [-0.15, -0.1) is 0 Å². The van der Waals surface area contributed by atoms with Gasteiger partial charge in [0.15, 0.2) is 0 Å². The average molecular weight is 480 g/mol. The molecule has 0 unspecified atom stereocenters. The standard InChI is InChI=1S/C24H34FN3O4S/c1-6-20(9-8-17(3)24(25)15-19(16-24)32-7-2)33(29,30)27-22-14-18-10-12-28(4)13-11-21(18)26-23(22)31-5/h6,8-9,14,19,27H,3,7,10-13,15-16H2,1-2,4-5H3/b9-8-,20-6+. The molecule has 1 fully saturated rings. The first-order valence-corrected chi connectivity index (χ1v) is 12.7. The van der Waals surface area contributed by atoms with Crippen molar-refractivity contribution in [2.45, 2.75) is 51.3 Å². The van der Waals surface area contributed by atoms with Crippen molar-refractivity contribution in [3.8, 4) is 5.88 Å². The quantitative estimate of drug-likeness (QED) is 0.543. The minimum Gasteiger partial charge on any atom is -0.479 e. The zero-order valence-electron chi connectivity index (χ0n) is 19.9. The van der Waals surface area contributed by atoms with Crippen LogP contribution in [0.5, 0.6) is 5.88 Å². The van der Waals surface area contributed by atoms with Gasteiger partial charge in [0.2, 0.25) is 5.88 Å². The third-order valence-corrected chi connectivity index (χ3v) is 7.69. The number of sulfonamides is 1. The summed E-state index contributed by atoms with van der Waals surface area (Å²) in [6.07, 6.45) is 6.14. The Morgan fingerprint density at radius 3 is 2.70 bits per heavy atom. The highest BCUT2D eigenvalue weighted by Crippen LogP contribution is 2.43. The van der Waals surface area contributed by atoms with Gasteiger partial charge in [0, 0.05) is 44.7 Å². The molecule has 182 valence electrons. The van der Waals surface area contributed by atoms with E-state index in [-0.39, 0.29) is 41.0 Å². The fraction of sp³-hybridized carbons (Fsp3) is 0.542. The van der Waals surface area contributed by atoms with Crippen LogP contribution in [0.25, 0.3) is 0 Å². The van der Waals surface area contributed by atoms with Crippen molar-refractivity contribution < 1.29 is 22.3 Å². The summed E-state index contributed by atoms with van der Waals surface area (Å²) in [5.74, 6) is 0.227. The van der Waals surface area contributed by atoms with Crippen LogP contribution in [-0.2, 0) is 27.6 Å². The summed E-state index contributed by atoms with van der Waals surface area (Å²) in [5.41, 5.74) is 0.871. The topological polar surface area (TPSA) is 80.8 Å². The van der Waals surface area contributed by atoms with Crippen LogP contribution in [0.4, 0.5) is 10.1 Å². The summed E-state index contributed by atoms with van der Waals surface area (Å²) in [7, 11) is -0.436. The van der Waals surface area contributed by atoms with Gasteiger partial charge in [0.05, 0.1) is 18.1 Å². The molecule has 0 amide bonds. The average Bonchev–Trinajstić information content (AvgIpc) is 2.93. The van der Waals surface area contributed by atoms with E-state index < -0.39 is 15.7 Å². The highest BCUT2D eigenvalue weighted by atomic mass is 32.2. The van der Waals surface area contributed by atoms with Gasteiger partial charge in [0.25, 0.3) is 10.0 Å². The van der Waals surface area contributed by atoms with Crippen molar-refractivity contribution in [1.29, 1.82) is 0 Å². The number of likely N-dealkylation sites (N-methyl/N-ethyl adjacent to an activating group) is 1. The first-order chi connectivity index (χ1) is 15.6. The molecule has 0 radical (unpaired) electrons. The summed E-state index contributed by atoms with van der Waals surface area (Å²) in [6, 6.07) is 1.80. The summed E-state index contributed by atoms with van der Waals surface area (Å²) in [4.78, 5) is 6.77. The van der Waals surface area contributed by atoms with Crippen molar-refractivity contribution >= 4 is 15.7 Å². The lowest BCUT2D eigenvalue weighted by Crippen LogP contribution is -2.45. The van der Waals surface area contributed by atoms with Crippen molar-refractivity contribution in [3.05, 3.63) is 52.6 Å². The largest absolute Gasteiger partial charge is 0.479 e. The number of methoxy groups -OCH3 is 1. The number of aromatic nitrogens is 1. The maximum Gasteiger partial charge on any atom is 0.261 e. The Morgan fingerprint density at radius 1 is 1.36 bits per heavy atom. The number of fused-ring (bicyclic) bond motifs is 1. The highest BCUT2D eigenvalue weighted by molar-refractivity contribution is 7.96. The SMILES string of the molecule is C=C(/C=C\C(=C/C)S(=O)(=O)Nc1cc2c(nc1OC)CCN(C)CC2)C1(F)CC(OCC)C1. The van der Waals surface area contributed by atoms with E-state index >= 15 is 0 Å². The van der Waals surface area contributed by atoms with Gasteiger partial charge < -0.3 is 14.4 Å². The molecule has 2 heterocycles. The van der Waals surface area contributed by atoms with E-state index in [1.807, 2.05) is 14.0 Å². The molecule has 2 aliphatic rings. The van der Waals surface area contributed by atoms with E-state index in [9.17, 15) is 12.8 Å². The summed E-state index contributed by atoms with van der Waals surface area (Å²) < 4.78 is 54.5. The number of halogens is 1. The van der Waals surface area contributed by atoms with Crippen LogP contribution in [0, 0.1) is 0 Å². The molecule has 1 aromatic rings. The Hall–Kier alpha value is -2.23. The number of alkyl halides is 1. The molecule has 0 atom stereocenters. The zero-order chi connectivity index (χ0) is 24.2. The number of nitrogens with zero attached hydrogens (tertiary/aromatic N) is 2. The normalized spacial score (nSPS) is 24.2. The van der Waals surface area contributed by atoms with Gasteiger partial charge in [0.1, 0.15) is 11.4 Å². The van der Waals surface area contributed by atoms with Gasteiger partial charge >= 0.3 is 0 Å². The molecule has 1 N–H and O–H groups in total. The van der Waals surface area contributed by atoms with E-state index in [0.717, 1.165) is 37.2 Å². The van der Waals surface area contributed by atoms with Gasteiger partial charge in [-0.25, -0.2) is 17.8 Å². The van der Waals surface area contributed by atoms with Crippen LogP contribution in [-0.4, -0.2) is 63.9 Å². The van der Waals surface area contributed by atoms with Crippen LogP contribution in [0.15, 0.2) is 41.4 Å². The summed E-state index contributed by atoms with van der Waals surface area (Å²) >= 11 is 0. The second kappa shape index (κ2) is 10.4. The van der Waals surface area contributed by atoms with Crippen LogP contribution in [0.3, 0.4) is 0 Å². The number of allylic oxidation sites excluding steroid dienone is 4. The number of hydrogen-bond acceptors (Lipinski definition) is 6. The van der Waals surface area contributed by atoms with Gasteiger partial charge in [-0.1, -0.05) is 18.7 Å². The number of hydrogen-bond donors (Lipinski definition) is 1. The maximum atomic E-state index is 14.9. The molecule has 1 aliphatic carbocycles. The van der Waals surface area contributed by atoms with Gasteiger partial charge in [-0.05, 0) is 50.6 Å². The Balaban J connectivity index is 1.76. The van der Waals surface area contributed by atoms with E-state index in [0.29, 0.717) is 6.61 Å². The lowest BCUT2D eigenvalue weighted by molar-refractivity contribution is -0.0728. The van der Waals surface area contributed by atoms with E-state index in [1.54, 1.807) is 13.0 Å². The van der Waals surface area contributed by atoms with Crippen molar-refractivity contribution in [3.63, 3.8) is 0 Å². The lowest BCUT2D eigenvalue weighted by Gasteiger charge is -2.41. The number of anilines is 1. The maximum absolute atomic E-state index is 14.9. The first-order valence-electron chi connectivity index (χ1n) is 11.2. The molecule has 1 saturated carbocycles. The second-order valence-corrected chi connectivity index (χ2v) is 10.2. The number of rotatable bonds is 9.